The van der Waals surface area contributed by atoms with Crippen molar-refractivity contribution in [2.75, 3.05) is 53.1 Å². The molecule has 1 unspecified atom stereocenters. The molecular weight excluding hydrogens is 485 g/mol. The predicted octanol–water partition coefficient (Wildman–Crippen LogP) is 3.08. The highest BCUT2D eigenvalue weighted by atomic mass is 127. The Morgan fingerprint density at radius 1 is 1.28 bits per heavy atom. The molecule has 0 amide bonds. The van der Waals surface area contributed by atoms with Crippen LogP contribution in [0.15, 0.2) is 27.8 Å². The third-order valence-electron chi connectivity index (χ3n) is 5.29. The van der Waals surface area contributed by atoms with E-state index in [9.17, 15) is 0 Å². The van der Waals surface area contributed by atoms with Crippen molar-refractivity contribution in [2.24, 2.45) is 4.99 Å². The summed E-state index contributed by atoms with van der Waals surface area (Å²) in [4.78, 5) is 7.23. The number of hydrogen-bond acceptors (Lipinski definition) is 5. The van der Waals surface area contributed by atoms with E-state index in [0.29, 0.717) is 6.10 Å². The second-order valence-corrected chi connectivity index (χ2v) is 7.46. The third-order valence-corrected chi connectivity index (χ3v) is 5.29. The summed E-state index contributed by atoms with van der Waals surface area (Å²) in [5, 5.41) is 3.53. The van der Waals surface area contributed by atoms with Gasteiger partial charge in [-0.1, -0.05) is 0 Å². The van der Waals surface area contributed by atoms with Gasteiger partial charge in [0.15, 0.2) is 5.96 Å². The molecule has 2 aliphatic rings. The van der Waals surface area contributed by atoms with Crippen LogP contribution in [-0.2, 0) is 20.6 Å². The first-order valence-electron chi connectivity index (χ1n) is 10.6. The highest BCUT2D eigenvalue weighted by Crippen LogP contribution is 2.16. The number of nitrogens with zero attached hydrogens (tertiary/aromatic N) is 2. The summed E-state index contributed by atoms with van der Waals surface area (Å²) < 4.78 is 22.2. The largest absolute Gasteiger partial charge is 0.469 e. The lowest BCUT2D eigenvalue weighted by atomic mass is 10.1. The highest BCUT2D eigenvalue weighted by molar-refractivity contribution is 14.0. The van der Waals surface area contributed by atoms with Crippen molar-refractivity contribution >= 4 is 29.9 Å². The van der Waals surface area contributed by atoms with Gasteiger partial charge in [-0.3, -0.25) is 4.99 Å². The molecule has 7 nitrogen and oxygen atoms in total. The molecule has 166 valence electrons. The molecule has 0 aromatic carbocycles. The molecular formula is C21H36IN3O4. The van der Waals surface area contributed by atoms with Gasteiger partial charge in [-0.05, 0) is 44.2 Å². The van der Waals surface area contributed by atoms with Gasteiger partial charge in [0.2, 0.25) is 0 Å². The Bertz CT molecular complexity index is 556. The maximum Gasteiger partial charge on any atom is 0.194 e. The van der Waals surface area contributed by atoms with E-state index in [2.05, 4.69) is 10.2 Å². The van der Waals surface area contributed by atoms with E-state index < -0.39 is 0 Å². The first kappa shape index (κ1) is 24.4. The number of guanidine groups is 1. The number of ether oxygens (including phenoxy) is 3. The number of likely N-dealkylation sites (tertiary alicyclic amines) is 1. The lowest BCUT2D eigenvalue weighted by Crippen LogP contribution is -2.47. The van der Waals surface area contributed by atoms with E-state index in [0.717, 1.165) is 96.2 Å². The minimum absolute atomic E-state index is 0. The van der Waals surface area contributed by atoms with Crippen molar-refractivity contribution in [3.05, 3.63) is 24.2 Å². The molecule has 1 aromatic heterocycles. The molecule has 2 fully saturated rings. The van der Waals surface area contributed by atoms with Gasteiger partial charge < -0.3 is 28.8 Å². The normalized spacial score (nSPS) is 20.7. The SMILES string of the molecule is COCCCOC1CCN(C(=NCC2CCCO2)NCCc2ccco2)CC1.I. The molecule has 8 heteroatoms. The Morgan fingerprint density at radius 2 is 2.14 bits per heavy atom. The molecule has 3 heterocycles. The zero-order valence-corrected chi connectivity index (χ0v) is 19.8. The zero-order valence-electron chi connectivity index (χ0n) is 17.5. The summed E-state index contributed by atoms with van der Waals surface area (Å²) in [5.74, 6) is 1.98. The molecule has 2 saturated heterocycles. The summed E-state index contributed by atoms with van der Waals surface area (Å²) in [7, 11) is 1.73. The van der Waals surface area contributed by atoms with Crippen LogP contribution in [0.2, 0.25) is 0 Å². The van der Waals surface area contributed by atoms with Crippen molar-refractivity contribution in [3.63, 3.8) is 0 Å². The minimum atomic E-state index is 0. The molecule has 1 atom stereocenters. The molecule has 29 heavy (non-hydrogen) atoms. The predicted molar refractivity (Wildman–Crippen MR) is 124 cm³/mol. The van der Waals surface area contributed by atoms with Gasteiger partial charge in [-0.25, -0.2) is 0 Å². The molecule has 0 aliphatic carbocycles. The minimum Gasteiger partial charge on any atom is -0.469 e. The van der Waals surface area contributed by atoms with Crippen LogP contribution in [0.3, 0.4) is 0 Å². The molecule has 0 radical (unpaired) electrons. The van der Waals surface area contributed by atoms with Gasteiger partial charge in [-0.15, -0.1) is 24.0 Å². The van der Waals surface area contributed by atoms with Crippen LogP contribution in [0.25, 0.3) is 0 Å². The smallest absolute Gasteiger partial charge is 0.194 e. The van der Waals surface area contributed by atoms with E-state index in [4.69, 9.17) is 23.6 Å². The van der Waals surface area contributed by atoms with E-state index >= 15 is 0 Å². The molecule has 1 aromatic rings. The van der Waals surface area contributed by atoms with Gasteiger partial charge in [0.25, 0.3) is 0 Å². The highest BCUT2D eigenvalue weighted by Gasteiger charge is 2.23. The number of nitrogens with one attached hydrogen (secondary N) is 1. The number of aliphatic imine (C=N–C) groups is 1. The Kier molecular flexibility index (Phi) is 12.0. The topological polar surface area (TPSA) is 68.5 Å². The van der Waals surface area contributed by atoms with E-state index in [-0.39, 0.29) is 30.1 Å². The molecule has 0 saturated carbocycles. The molecule has 0 spiro atoms. The van der Waals surface area contributed by atoms with Gasteiger partial charge in [0.1, 0.15) is 5.76 Å². The molecule has 1 N–H and O–H groups in total. The number of methoxy groups -OCH3 is 1. The first-order valence-corrected chi connectivity index (χ1v) is 10.6. The summed E-state index contributed by atoms with van der Waals surface area (Å²) in [6.07, 6.45) is 8.47. The lowest BCUT2D eigenvalue weighted by Gasteiger charge is -2.34. The maximum absolute atomic E-state index is 5.99. The Labute approximate surface area is 191 Å². The van der Waals surface area contributed by atoms with Crippen LogP contribution in [-0.4, -0.2) is 76.2 Å². The monoisotopic (exact) mass is 521 g/mol. The summed E-state index contributed by atoms with van der Waals surface area (Å²) in [5.41, 5.74) is 0. The summed E-state index contributed by atoms with van der Waals surface area (Å²) in [6.45, 7) is 5.88. The van der Waals surface area contributed by atoms with Crippen molar-refractivity contribution in [1.82, 2.24) is 10.2 Å². The molecule has 2 aliphatic heterocycles. The van der Waals surface area contributed by atoms with E-state index in [1.807, 2.05) is 12.1 Å². The first-order chi connectivity index (χ1) is 13.8. The van der Waals surface area contributed by atoms with Crippen LogP contribution in [0.4, 0.5) is 0 Å². The average molecular weight is 521 g/mol. The second-order valence-electron chi connectivity index (χ2n) is 7.46. The Hall–Kier alpha value is -0.840. The van der Waals surface area contributed by atoms with E-state index in [1.165, 1.54) is 0 Å². The Balaban J connectivity index is 0.00000300. The maximum atomic E-state index is 5.99. The number of rotatable bonds is 10. The molecule has 0 bridgehead atoms. The fourth-order valence-electron chi connectivity index (χ4n) is 3.68. The lowest BCUT2D eigenvalue weighted by molar-refractivity contribution is 0.00984. The van der Waals surface area contributed by atoms with Crippen LogP contribution < -0.4 is 5.32 Å². The van der Waals surface area contributed by atoms with Gasteiger partial charge in [-0.2, -0.15) is 0 Å². The summed E-state index contributed by atoms with van der Waals surface area (Å²) >= 11 is 0. The van der Waals surface area contributed by atoms with E-state index in [1.54, 1.807) is 13.4 Å². The number of piperidine rings is 1. The Morgan fingerprint density at radius 3 is 2.83 bits per heavy atom. The quantitative estimate of drug-likeness (QED) is 0.221. The van der Waals surface area contributed by atoms with Crippen molar-refractivity contribution in [1.29, 1.82) is 0 Å². The molecule has 3 rings (SSSR count). The van der Waals surface area contributed by atoms with Crippen molar-refractivity contribution in [2.45, 2.75) is 50.7 Å². The third kappa shape index (κ3) is 8.82. The van der Waals surface area contributed by atoms with Crippen molar-refractivity contribution in [3.8, 4) is 0 Å². The fraction of sp³-hybridized carbons (Fsp3) is 0.762. The fourth-order valence-corrected chi connectivity index (χ4v) is 3.68. The van der Waals surface area contributed by atoms with Crippen molar-refractivity contribution < 1.29 is 18.6 Å². The average Bonchev–Trinajstić information content (AvgIpc) is 3.43. The van der Waals surface area contributed by atoms with Gasteiger partial charge >= 0.3 is 0 Å². The summed E-state index contributed by atoms with van der Waals surface area (Å²) in [6, 6.07) is 3.94. The van der Waals surface area contributed by atoms with Crippen LogP contribution in [0.1, 0.15) is 37.9 Å². The standard InChI is InChI=1S/C21H35N3O4.HI/c1-25-13-4-16-27-19-8-11-24(12-9-19)21(23-17-20-6-3-15-28-20)22-10-7-18-5-2-14-26-18;/h2,5,14,19-20H,3-4,6-13,15-17H2,1H3,(H,22,23);1H. The number of furan rings is 1. The van der Waals surface area contributed by atoms with Gasteiger partial charge in [0, 0.05) is 53.0 Å². The van der Waals surface area contributed by atoms with Crippen LogP contribution in [0.5, 0.6) is 0 Å². The van der Waals surface area contributed by atoms with Crippen LogP contribution >= 0.6 is 24.0 Å². The van der Waals surface area contributed by atoms with Crippen LogP contribution in [0, 0.1) is 0 Å². The zero-order chi connectivity index (χ0) is 19.4. The number of hydrogen-bond donors (Lipinski definition) is 1. The van der Waals surface area contributed by atoms with Gasteiger partial charge in [0.05, 0.1) is 25.0 Å². The number of halogens is 1. The second kappa shape index (κ2) is 14.2.